The Morgan fingerprint density at radius 3 is 2.60 bits per heavy atom. The summed E-state index contributed by atoms with van der Waals surface area (Å²) in [6.45, 7) is 0. The van der Waals surface area contributed by atoms with Gasteiger partial charge in [0, 0.05) is 29.0 Å². The van der Waals surface area contributed by atoms with Crippen molar-refractivity contribution in [2.24, 2.45) is 10.7 Å². The van der Waals surface area contributed by atoms with Crippen LogP contribution < -0.4 is 15.2 Å². The van der Waals surface area contributed by atoms with Crippen LogP contribution in [0.5, 0.6) is 17.2 Å². The maximum Gasteiger partial charge on any atom is 0.416 e. The molecule has 178 valence electrons. The van der Waals surface area contributed by atoms with Gasteiger partial charge in [-0.3, -0.25) is 4.99 Å². The van der Waals surface area contributed by atoms with Gasteiger partial charge in [-0.1, -0.05) is 29.8 Å². The number of methoxy groups -OCH3 is 1. The number of ether oxygens (including phenoxy) is 2. The van der Waals surface area contributed by atoms with E-state index >= 15 is 0 Å². The number of nitrogens with zero attached hydrogens (tertiary/aromatic N) is 2. The topological polar surface area (TPSA) is 101 Å². The zero-order chi connectivity index (χ0) is 25.3. The summed E-state index contributed by atoms with van der Waals surface area (Å²) in [4.78, 5) is 4.06. The van der Waals surface area contributed by atoms with Gasteiger partial charge in [-0.05, 0) is 30.3 Å². The summed E-state index contributed by atoms with van der Waals surface area (Å²) in [5.41, 5.74) is 6.37. The highest BCUT2D eigenvalue weighted by molar-refractivity contribution is 6.33. The predicted octanol–water partition coefficient (Wildman–Crippen LogP) is 6.04. The summed E-state index contributed by atoms with van der Waals surface area (Å²) in [6, 6.07) is 14.7. The highest BCUT2D eigenvalue weighted by Crippen LogP contribution is 2.46. The van der Waals surface area contributed by atoms with Crippen molar-refractivity contribution >= 4 is 23.5 Å². The Morgan fingerprint density at radius 1 is 1.17 bits per heavy atom. The van der Waals surface area contributed by atoms with E-state index in [1.807, 2.05) is 0 Å². The van der Waals surface area contributed by atoms with Crippen LogP contribution >= 0.6 is 11.6 Å². The van der Waals surface area contributed by atoms with Crippen molar-refractivity contribution in [3.8, 4) is 23.3 Å². The van der Waals surface area contributed by atoms with E-state index in [9.17, 15) is 23.5 Å². The fraction of sp³-hybridized carbons (Fsp3) is 0.120. The van der Waals surface area contributed by atoms with Crippen LogP contribution in [0.4, 0.5) is 18.9 Å². The second-order valence-corrected chi connectivity index (χ2v) is 7.94. The number of benzene rings is 3. The van der Waals surface area contributed by atoms with Gasteiger partial charge in [-0.25, -0.2) is 0 Å². The first-order valence-corrected chi connectivity index (χ1v) is 10.5. The minimum absolute atomic E-state index is 0.00408. The van der Waals surface area contributed by atoms with Gasteiger partial charge in [0.05, 0.1) is 29.3 Å². The molecule has 35 heavy (non-hydrogen) atoms. The van der Waals surface area contributed by atoms with E-state index in [0.717, 1.165) is 18.2 Å². The maximum atomic E-state index is 13.1. The summed E-state index contributed by atoms with van der Waals surface area (Å²) in [6.07, 6.45) is -3.38. The zero-order valence-electron chi connectivity index (χ0n) is 18.1. The summed E-state index contributed by atoms with van der Waals surface area (Å²) in [5, 5.41) is 20.3. The Labute approximate surface area is 203 Å². The lowest BCUT2D eigenvalue weighted by Gasteiger charge is -2.28. The van der Waals surface area contributed by atoms with Crippen LogP contribution in [0, 0.1) is 11.3 Å². The molecule has 0 radical (unpaired) electrons. The summed E-state index contributed by atoms with van der Waals surface area (Å²) in [5.74, 6) is -0.353. The number of phenolic OH excluding ortho intramolecular Hbond substituents is 1. The normalized spacial score (nSPS) is 15.5. The van der Waals surface area contributed by atoms with Crippen LogP contribution in [-0.2, 0) is 6.18 Å². The lowest BCUT2D eigenvalue weighted by Crippen LogP contribution is -2.21. The molecule has 0 aliphatic carbocycles. The highest BCUT2D eigenvalue weighted by Gasteiger charge is 2.33. The maximum absolute atomic E-state index is 13.1. The van der Waals surface area contributed by atoms with E-state index in [2.05, 4.69) is 11.1 Å². The largest absolute Gasteiger partial charge is 0.507 e. The zero-order valence-corrected chi connectivity index (χ0v) is 18.9. The molecule has 1 aliphatic rings. The van der Waals surface area contributed by atoms with E-state index in [0.29, 0.717) is 16.9 Å². The molecule has 3 aromatic carbocycles. The average Bonchev–Trinajstić information content (AvgIpc) is 2.82. The number of alkyl halides is 3. The number of fused-ring (bicyclic) bond motifs is 1. The molecule has 10 heteroatoms. The number of aromatic hydroxyl groups is 1. The molecule has 0 spiro atoms. The molecule has 1 unspecified atom stereocenters. The number of phenols is 1. The third kappa shape index (κ3) is 4.61. The number of halogens is 4. The molecule has 0 amide bonds. The molecule has 3 aromatic rings. The molecule has 0 fully saturated rings. The number of hydrogen-bond donors (Lipinski definition) is 2. The first-order valence-electron chi connectivity index (χ1n) is 10.1. The van der Waals surface area contributed by atoms with Crippen molar-refractivity contribution in [2.45, 2.75) is 12.1 Å². The van der Waals surface area contributed by atoms with Crippen molar-refractivity contribution in [1.82, 2.24) is 0 Å². The molecule has 0 bridgehead atoms. The Hall–Kier alpha value is -4.16. The first kappa shape index (κ1) is 24.0. The smallest absolute Gasteiger partial charge is 0.416 e. The van der Waals surface area contributed by atoms with E-state index in [1.165, 1.54) is 25.5 Å². The molecule has 3 N–H and O–H groups in total. The highest BCUT2D eigenvalue weighted by atomic mass is 35.5. The van der Waals surface area contributed by atoms with E-state index in [4.69, 9.17) is 26.8 Å². The van der Waals surface area contributed by atoms with Crippen LogP contribution in [-0.4, -0.2) is 18.4 Å². The molecule has 1 heterocycles. The van der Waals surface area contributed by atoms with Crippen LogP contribution in [0.25, 0.3) is 0 Å². The first-order chi connectivity index (χ1) is 16.6. The van der Waals surface area contributed by atoms with E-state index in [-0.39, 0.29) is 39.2 Å². The average molecular weight is 500 g/mol. The van der Waals surface area contributed by atoms with Gasteiger partial charge in [0.25, 0.3) is 0 Å². The molecule has 0 saturated carbocycles. The van der Waals surface area contributed by atoms with Crippen molar-refractivity contribution in [3.63, 3.8) is 0 Å². The number of para-hydroxylation sites is 1. The Bertz CT molecular complexity index is 1410. The van der Waals surface area contributed by atoms with Gasteiger partial charge in [0.15, 0.2) is 0 Å². The summed E-state index contributed by atoms with van der Waals surface area (Å²) < 4.78 is 50.3. The van der Waals surface area contributed by atoms with Crippen molar-refractivity contribution in [2.75, 3.05) is 7.11 Å². The molecule has 1 atom stereocenters. The standard InChI is InChI=1S/C25H17ClF3N3O3/c1-34-21-5-3-2-4-15(21)23-16-8-13(20(33)10-22(16)35-24(31)17(23)11-30)12-32-19-9-14(25(27,28)29)6-7-18(19)26/h2-10,12,23,33H,31H2,1H3. The van der Waals surface area contributed by atoms with Gasteiger partial charge in [-0.15, -0.1) is 0 Å². The molecule has 4 rings (SSSR count). The van der Waals surface area contributed by atoms with Gasteiger partial charge in [0.1, 0.15) is 28.9 Å². The predicted molar refractivity (Wildman–Crippen MR) is 124 cm³/mol. The van der Waals surface area contributed by atoms with Crippen LogP contribution in [0.2, 0.25) is 5.02 Å². The molecule has 0 aromatic heterocycles. The van der Waals surface area contributed by atoms with Crippen LogP contribution in [0.3, 0.4) is 0 Å². The second kappa shape index (κ2) is 9.24. The summed E-state index contributed by atoms with van der Waals surface area (Å²) in [7, 11) is 1.49. The molecule has 1 aliphatic heterocycles. The Kier molecular flexibility index (Phi) is 6.33. The fourth-order valence-electron chi connectivity index (χ4n) is 3.77. The second-order valence-electron chi connectivity index (χ2n) is 7.54. The number of nitriles is 1. The fourth-order valence-corrected chi connectivity index (χ4v) is 3.93. The van der Waals surface area contributed by atoms with Gasteiger partial charge < -0.3 is 20.3 Å². The Morgan fingerprint density at radius 2 is 1.91 bits per heavy atom. The minimum Gasteiger partial charge on any atom is -0.507 e. The third-order valence-electron chi connectivity index (χ3n) is 5.43. The van der Waals surface area contributed by atoms with E-state index in [1.54, 1.807) is 24.3 Å². The molecular weight excluding hydrogens is 483 g/mol. The van der Waals surface area contributed by atoms with Crippen molar-refractivity contribution < 1.29 is 27.8 Å². The number of rotatable bonds is 4. The molecular formula is C25H17ClF3N3O3. The van der Waals surface area contributed by atoms with Crippen molar-refractivity contribution in [3.05, 3.63) is 93.3 Å². The quantitative estimate of drug-likeness (QED) is 0.426. The van der Waals surface area contributed by atoms with Crippen molar-refractivity contribution in [1.29, 1.82) is 5.26 Å². The molecule has 0 saturated heterocycles. The van der Waals surface area contributed by atoms with Crippen LogP contribution in [0.15, 0.2) is 71.0 Å². The minimum atomic E-state index is -4.57. The lowest BCUT2D eigenvalue weighted by molar-refractivity contribution is -0.137. The molecule has 6 nitrogen and oxygen atoms in total. The van der Waals surface area contributed by atoms with Gasteiger partial charge >= 0.3 is 6.18 Å². The van der Waals surface area contributed by atoms with Gasteiger partial charge in [-0.2, -0.15) is 18.4 Å². The number of aliphatic imine (C=N–C) groups is 1. The summed E-state index contributed by atoms with van der Waals surface area (Å²) >= 11 is 6.02. The van der Waals surface area contributed by atoms with Crippen LogP contribution in [0.1, 0.15) is 28.2 Å². The number of allylic oxidation sites excluding steroid dienone is 1. The number of hydrogen-bond acceptors (Lipinski definition) is 6. The third-order valence-corrected chi connectivity index (χ3v) is 5.75. The SMILES string of the molecule is COc1ccccc1C1C(C#N)=C(N)Oc2cc(O)c(C=Nc3cc(C(F)(F)F)ccc3Cl)cc21. The van der Waals surface area contributed by atoms with E-state index < -0.39 is 17.7 Å². The lowest BCUT2D eigenvalue weighted by atomic mass is 9.82. The number of nitrogens with two attached hydrogens (primary N) is 1. The monoisotopic (exact) mass is 499 g/mol. The van der Waals surface area contributed by atoms with Gasteiger partial charge in [0.2, 0.25) is 5.88 Å². The Balaban J connectivity index is 1.83.